The smallest absolute Gasteiger partial charge is 0.243 e. The molecule has 2 unspecified atom stereocenters. The molecule has 2 aliphatic carbocycles. The number of nitrogens with two attached hydrogens (primary N) is 1. The number of amides is 2. The number of halogens is 1. The summed E-state index contributed by atoms with van der Waals surface area (Å²) in [6.07, 6.45) is 5.26. The molecule has 6 heteroatoms. The quantitative estimate of drug-likeness (QED) is 0.824. The summed E-state index contributed by atoms with van der Waals surface area (Å²) in [6.45, 7) is 4.10. The molecule has 3 N–H and O–H groups in total. The number of nitrogens with zero attached hydrogens (tertiary/aromatic N) is 1. The maximum Gasteiger partial charge on any atom is 0.243 e. The van der Waals surface area contributed by atoms with Crippen LogP contribution < -0.4 is 11.1 Å². The second kappa shape index (κ2) is 9.07. The molecule has 0 aromatic heterocycles. The van der Waals surface area contributed by atoms with Gasteiger partial charge in [-0.15, -0.1) is 12.4 Å². The Labute approximate surface area is 168 Å². The van der Waals surface area contributed by atoms with E-state index in [9.17, 15) is 9.59 Å². The Morgan fingerprint density at radius 1 is 1.19 bits per heavy atom. The van der Waals surface area contributed by atoms with Gasteiger partial charge in [-0.3, -0.25) is 9.59 Å². The Morgan fingerprint density at radius 3 is 2.44 bits per heavy atom. The van der Waals surface area contributed by atoms with Crippen molar-refractivity contribution in [1.29, 1.82) is 0 Å². The highest BCUT2D eigenvalue weighted by atomic mass is 35.5. The summed E-state index contributed by atoms with van der Waals surface area (Å²) in [5.74, 6) is 0.887. The molecule has 0 aliphatic heterocycles. The van der Waals surface area contributed by atoms with Crippen LogP contribution in [0.1, 0.15) is 43.2 Å². The van der Waals surface area contributed by atoms with Crippen LogP contribution in [0.2, 0.25) is 0 Å². The number of rotatable bonds is 4. The highest BCUT2D eigenvalue weighted by molar-refractivity contribution is 5.95. The molecule has 1 aromatic carbocycles. The zero-order chi connectivity index (χ0) is 18.8. The Kier molecular flexibility index (Phi) is 7.29. The van der Waals surface area contributed by atoms with Crippen molar-refractivity contribution in [3.63, 3.8) is 0 Å². The van der Waals surface area contributed by atoms with Gasteiger partial charge in [-0.05, 0) is 68.6 Å². The fraction of sp³-hybridized carbons (Fsp3) is 0.619. The van der Waals surface area contributed by atoms with E-state index in [4.69, 9.17) is 5.73 Å². The van der Waals surface area contributed by atoms with Crippen molar-refractivity contribution in [1.82, 2.24) is 4.90 Å². The summed E-state index contributed by atoms with van der Waals surface area (Å²) in [4.78, 5) is 26.8. The molecule has 2 saturated carbocycles. The lowest BCUT2D eigenvalue weighted by atomic mass is 9.65. The van der Waals surface area contributed by atoms with Crippen LogP contribution in [0.25, 0.3) is 0 Å². The van der Waals surface area contributed by atoms with E-state index in [-0.39, 0.29) is 42.7 Å². The van der Waals surface area contributed by atoms with Gasteiger partial charge in [-0.25, -0.2) is 0 Å². The number of fused-ring (bicyclic) bond motifs is 2. The van der Waals surface area contributed by atoms with Crippen LogP contribution in [-0.2, 0) is 9.59 Å². The van der Waals surface area contributed by atoms with Gasteiger partial charge in [-0.2, -0.15) is 0 Å². The summed E-state index contributed by atoms with van der Waals surface area (Å²) in [7, 11) is 1.73. The van der Waals surface area contributed by atoms with Crippen LogP contribution >= 0.6 is 12.4 Å². The number of likely N-dealkylation sites (N-methyl/N-ethyl adjacent to an activating group) is 1. The van der Waals surface area contributed by atoms with E-state index in [1.54, 1.807) is 11.9 Å². The van der Waals surface area contributed by atoms with E-state index in [0.29, 0.717) is 11.8 Å². The molecule has 0 radical (unpaired) electrons. The minimum atomic E-state index is -0.151. The molecular weight excluding hydrogens is 362 g/mol. The van der Waals surface area contributed by atoms with Crippen LogP contribution in [0, 0.1) is 31.6 Å². The van der Waals surface area contributed by atoms with Crippen LogP contribution in [0.15, 0.2) is 18.2 Å². The van der Waals surface area contributed by atoms with E-state index >= 15 is 0 Å². The first-order valence-corrected chi connectivity index (χ1v) is 9.73. The minimum Gasteiger partial charge on any atom is -0.336 e. The van der Waals surface area contributed by atoms with Crippen molar-refractivity contribution < 1.29 is 9.59 Å². The van der Waals surface area contributed by atoms with Gasteiger partial charge in [0.05, 0.1) is 6.54 Å². The van der Waals surface area contributed by atoms with Gasteiger partial charge in [-0.1, -0.05) is 18.6 Å². The number of anilines is 1. The Bertz CT molecular complexity index is 680. The summed E-state index contributed by atoms with van der Waals surface area (Å²) in [5.41, 5.74) is 9.34. The fourth-order valence-corrected chi connectivity index (χ4v) is 4.67. The zero-order valence-electron chi connectivity index (χ0n) is 16.5. The van der Waals surface area contributed by atoms with Crippen molar-refractivity contribution in [2.75, 3.05) is 18.9 Å². The lowest BCUT2D eigenvalue weighted by Gasteiger charge is -2.44. The molecule has 1 aromatic rings. The van der Waals surface area contributed by atoms with Gasteiger partial charge in [0.2, 0.25) is 11.8 Å². The molecule has 0 heterocycles. The number of carbonyl (C=O) groups is 2. The van der Waals surface area contributed by atoms with Crippen molar-refractivity contribution in [2.24, 2.45) is 23.5 Å². The maximum absolute atomic E-state index is 12.8. The largest absolute Gasteiger partial charge is 0.336 e. The molecule has 0 spiro atoms. The van der Waals surface area contributed by atoms with Gasteiger partial charge < -0.3 is 16.0 Å². The van der Waals surface area contributed by atoms with E-state index in [2.05, 4.69) is 5.32 Å². The normalized spacial score (nSPS) is 26.7. The second-order valence-electron chi connectivity index (χ2n) is 8.19. The monoisotopic (exact) mass is 393 g/mol. The number of benzene rings is 1. The Balaban J connectivity index is 0.00000261. The third-order valence-corrected chi connectivity index (χ3v) is 6.40. The summed E-state index contributed by atoms with van der Waals surface area (Å²) >= 11 is 0. The third kappa shape index (κ3) is 4.82. The first kappa shape index (κ1) is 21.7. The summed E-state index contributed by atoms with van der Waals surface area (Å²) < 4.78 is 0. The molecule has 2 atom stereocenters. The number of aryl methyl sites for hydroxylation is 1. The van der Waals surface area contributed by atoms with Crippen molar-refractivity contribution in [3.8, 4) is 0 Å². The predicted octanol–water partition coefficient (Wildman–Crippen LogP) is 3.28. The minimum absolute atomic E-state index is 0. The zero-order valence-corrected chi connectivity index (χ0v) is 17.3. The Hall–Kier alpha value is -1.59. The molecule has 5 nitrogen and oxygen atoms in total. The van der Waals surface area contributed by atoms with E-state index in [1.165, 1.54) is 6.42 Å². The maximum atomic E-state index is 12.8. The highest BCUT2D eigenvalue weighted by Crippen LogP contribution is 2.42. The third-order valence-electron chi connectivity index (χ3n) is 6.40. The number of carbonyl (C=O) groups excluding carboxylic acids is 2. The predicted molar refractivity (Wildman–Crippen MR) is 111 cm³/mol. The number of hydrogen-bond donors (Lipinski definition) is 2. The average molecular weight is 394 g/mol. The summed E-state index contributed by atoms with van der Waals surface area (Å²) in [6, 6.07) is 6.10. The lowest BCUT2D eigenvalue weighted by Crippen LogP contribution is -2.49. The molecule has 27 heavy (non-hydrogen) atoms. The van der Waals surface area contributed by atoms with E-state index in [1.807, 2.05) is 32.0 Å². The van der Waals surface area contributed by atoms with Gasteiger partial charge in [0.1, 0.15) is 0 Å². The average Bonchev–Trinajstić information content (AvgIpc) is 2.58. The second-order valence-corrected chi connectivity index (χ2v) is 8.19. The van der Waals surface area contributed by atoms with Crippen LogP contribution in [0.4, 0.5) is 5.69 Å². The topological polar surface area (TPSA) is 75.4 Å². The fourth-order valence-electron chi connectivity index (χ4n) is 4.67. The van der Waals surface area contributed by atoms with E-state index in [0.717, 1.165) is 42.5 Å². The van der Waals surface area contributed by atoms with Gasteiger partial charge >= 0.3 is 0 Å². The lowest BCUT2D eigenvalue weighted by molar-refractivity contribution is -0.139. The van der Waals surface area contributed by atoms with Crippen molar-refractivity contribution >= 4 is 29.9 Å². The molecule has 2 aliphatic rings. The summed E-state index contributed by atoms with van der Waals surface area (Å²) in [5, 5.41) is 2.93. The molecule has 2 fully saturated rings. The van der Waals surface area contributed by atoms with Gasteiger partial charge in [0.15, 0.2) is 0 Å². The van der Waals surface area contributed by atoms with Gasteiger partial charge in [0, 0.05) is 24.7 Å². The molecule has 150 valence electrons. The van der Waals surface area contributed by atoms with Gasteiger partial charge in [0.25, 0.3) is 0 Å². The van der Waals surface area contributed by atoms with Crippen LogP contribution in [0.5, 0.6) is 0 Å². The van der Waals surface area contributed by atoms with E-state index < -0.39 is 0 Å². The SMILES string of the molecule is Cc1cccc(NC(=O)CN(C)C(=O)C2CC3CCCC(C2)C3N)c1C.Cl. The van der Waals surface area contributed by atoms with Crippen LogP contribution in [0.3, 0.4) is 0 Å². The molecular formula is C21H32ClN3O2. The Morgan fingerprint density at radius 2 is 1.81 bits per heavy atom. The first-order chi connectivity index (χ1) is 12.4. The van der Waals surface area contributed by atoms with Crippen LogP contribution in [-0.4, -0.2) is 36.3 Å². The number of nitrogens with one attached hydrogen (secondary N) is 1. The van der Waals surface area contributed by atoms with Crippen molar-refractivity contribution in [2.45, 2.75) is 52.0 Å². The number of hydrogen-bond acceptors (Lipinski definition) is 3. The first-order valence-electron chi connectivity index (χ1n) is 9.73. The van der Waals surface area contributed by atoms with Crippen molar-refractivity contribution in [3.05, 3.63) is 29.3 Å². The molecule has 2 bridgehead atoms. The molecule has 2 amide bonds. The molecule has 3 rings (SSSR count). The highest BCUT2D eigenvalue weighted by Gasteiger charge is 2.41. The standard InChI is InChI=1S/C21H31N3O2.ClH/c1-13-6-4-9-18(14(13)2)23-19(25)12-24(3)21(26)17-10-15-7-5-8-16(11-17)20(15)22;/h4,6,9,15-17,20H,5,7-8,10-12,22H2,1-3H3,(H,23,25);1H. The molecule has 0 saturated heterocycles.